The second-order valence-corrected chi connectivity index (χ2v) is 8.81. The molecule has 0 saturated carbocycles. The van der Waals surface area contributed by atoms with Crippen molar-refractivity contribution in [3.63, 3.8) is 0 Å². The molecule has 10 nitrogen and oxygen atoms in total. The molecule has 35 heavy (non-hydrogen) atoms. The highest BCUT2D eigenvalue weighted by molar-refractivity contribution is 7.71. The third-order valence-electron chi connectivity index (χ3n) is 5.58. The van der Waals surface area contributed by atoms with Gasteiger partial charge >= 0.3 is 0 Å². The van der Waals surface area contributed by atoms with Gasteiger partial charge in [-0.15, -0.1) is 0 Å². The maximum atomic E-state index is 11.9. The summed E-state index contributed by atoms with van der Waals surface area (Å²) in [6, 6.07) is 15.0. The smallest absolute Gasteiger partial charge is 0.217 e. The Hall–Kier alpha value is -2.80. The molecule has 2 heterocycles. The molecular formula is C23H25ClN4O6S. The van der Waals surface area contributed by atoms with Crippen LogP contribution in [0.15, 0.2) is 54.6 Å². The molecule has 4 rings (SSSR count). The first-order valence-electron chi connectivity index (χ1n) is 10.8. The van der Waals surface area contributed by atoms with Gasteiger partial charge < -0.3 is 30.1 Å². The van der Waals surface area contributed by atoms with E-state index in [1.54, 1.807) is 28.8 Å². The number of hydrogen-bond donors (Lipinski definition) is 4. The first-order chi connectivity index (χ1) is 16.8. The van der Waals surface area contributed by atoms with Gasteiger partial charge in [-0.1, -0.05) is 29.8 Å². The van der Waals surface area contributed by atoms with Gasteiger partial charge in [-0.25, -0.2) is 4.68 Å². The summed E-state index contributed by atoms with van der Waals surface area (Å²) in [5.74, 6) is 0.540. The van der Waals surface area contributed by atoms with Crippen molar-refractivity contribution in [2.75, 3.05) is 6.61 Å². The molecule has 1 saturated heterocycles. The largest absolute Gasteiger partial charge is 0.486 e. The van der Waals surface area contributed by atoms with Crippen LogP contribution in [0.1, 0.15) is 19.0 Å². The third kappa shape index (κ3) is 5.40. The van der Waals surface area contributed by atoms with Gasteiger partial charge in [0.15, 0.2) is 12.1 Å². The minimum absolute atomic E-state index is 0.0271. The van der Waals surface area contributed by atoms with Crippen LogP contribution in [0.4, 0.5) is 0 Å². The van der Waals surface area contributed by atoms with E-state index in [4.69, 9.17) is 33.3 Å². The number of hydrogen-bond acceptors (Lipinski definition) is 8. The number of amides is 1. The molecule has 1 aliphatic rings. The van der Waals surface area contributed by atoms with Crippen molar-refractivity contribution in [3.8, 4) is 11.4 Å². The maximum absolute atomic E-state index is 11.9. The number of nitrogens with one attached hydrogen (secondary N) is 1. The van der Waals surface area contributed by atoms with Crippen molar-refractivity contribution in [1.82, 2.24) is 19.7 Å². The Morgan fingerprint density at radius 3 is 2.49 bits per heavy atom. The highest BCUT2D eigenvalue weighted by Gasteiger charge is 2.46. The number of aliphatic hydroxyl groups excluding tert-OH is 3. The molecule has 4 N–H and O–H groups in total. The standard InChI is InChI=1S/C23H25ClN4O6S/c1-13(30)25-19-21(32)20(31)17(11-29)34-22(19)28-23(35)27(15-5-3-2-4-6-15)18(26-28)12-33-16-9-7-14(24)8-10-16/h2-10,17,19-22,29,31-32H,11-12H2,1H3,(H,25,30)/t17-,19-,20-,21-,22-/m1/s1. The molecular weight excluding hydrogens is 496 g/mol. The van der Waals surface area contributed by atoms with Crippen LogP contribution >= 0.6 is 23.8 Å². The molecule has 0 bridgehead atoms. The number of benzene rings is 2. The van der Waals surface area contributed by atoms with E-state index in [2.05, 4.69) is 10.4 Å². The Labute approximate surface area is 211 Å². The van der Waals surface area contributed by atoms with Gasteiger partial charge in [-0.2, -0.15) is 5.10 Å². The number of rotatable bonds is 7. The zero-order valence-electron chi connectivity index (χ0n) is 18.7. The number of aliphatic hydroxyl groups is 3. The first kappa shape index (κ1) is 25.3. The van der Waals surface area contributed by atoms with Gasteiger partial charge in [-0.05, 0) is 48.6 Å². The Bertz CT molecular complexity index is 1220. The van der Waals surface area contributed by atoms with Crippen LogP contribution in [0, 0.1) is 4.77 Å². The molecule has 0 unspecified atom stereocenters. The number of nitrogens with zero attached hydrogens (tertiary/aromatic N) is 3. The van der Waals surface area contributed by atoms with E-state index in [0.29, 0.717) is 22.3 Å². The summed E-state index contributed by atoms with van der Waals surface area (Å²) in [5, 5.41) is 38.5. The molecule has 0 radical (unpaired) electrons. The summed E-state index contributed by atoms with van der Waals surface area (Å²) in [6.07, 6.45) is -5.09. The van der Waals surface area contributed by atoms with Gasteiger partial charge in [0.1, 0.15) is 36.7 Å². The monoisotopic (exact) mass is 520 g/mol. The normalized spacial score (nSPS) is 24.2. The average Bonchev–Trinajstić information content (AvgIpc) is 3.18. The second kappa shape index (κ2) is 10.9. The van der Waals surface area contributed by atoms with Gasteiger partial charge in [-0.3, -0.25) is 9.36 Å². The van der Waals surface area contributed by atoms with Crippen molar-refractivity contribution in [2.45, 2.75) is 44.1 Å². The average molecular weight is 521 g/mol. The van der Waals surface area contributed by atoms with E-state index in [0.717, 1.165) is 0 Å². The number of halogens is 1. The summed E-state index contributed by atoms with van der Waals surface area (Å²) in [5.41, 5.74) is 0.713. The maximum Gasteiger partial charge on any atom is 0.217 e. The van der Waals surface area contributed by atoms with Crippen LogP contribution in [0.5, 0.6) is 5.75 Å². The highest BCUT2D eigenvalue weighted by atomic mass is 35.5. The molecule has 1 aromatic heterocycles. The molecule has 1 fully saturated rings. The second-order valence-electron chi connectivity index (χ2n) is 8.01. The van der Waals surface area contributed by atoms with Crippen molar-refractivity contribution < 1.29 is 29.6 Å². The van der Waals surface area contributed by atoms with E-state index in [9.17, 15) is 20.1 Å². The minimum Gasteiger partial charge on any atom is -0.486 e. The van der Waals surface area contributed by atoms with Crippen LogP contribution in [0.25, 0.3) is 5.69 Å². The predicted molar refractivity (Wildman–Crippen MR) is 129 cm³/mol. The number of aromatic nitrogens is 3. The fourth-order valence-electron chi connectivity index (χ4n) is 3.90. The van der Waals surface area contributed by atoms with Crippen molar-refractivity contribution >= 4 is 29.7 Å². The van der Waals surface area contributed by atoms with Crippen LogP contribution in [-0.2, 0) is 16.1 Å². The quantitative estimate of drug-likeness (QED) is 0.347. The van der Waals surface area contributed by atoms with Crippen LogP contribution in [0.3, 0.4) is 0 Å². The van der Waals surface area contributed by atoms with Gasteiger partial charge in [0.2, 0.25) is 10.7 Å². The number of ether oxygens (including phenoxy) is 2. The summed E-state index contributed by atoms with van der Waals surface area (Å²) >= 11 is 11.7. The van der Waals surface area contributed by atoms with E-state index in [1.165, 1.54) is 11.6 Å². The fraction of sp³-hybridized carbons (Fsp3) is 0.348. The number of para-hydroxylation sites is 1. The summed E-state index contributed by atoms with van der Waals surface area (Å²) in [4.78, 5) is 11.9. The molecule has 186 valence electrons. The van der Waals surface area contributed by atoms with E-state index < -0.39 is 43.1 Å². The van der Waals surface area contributed by atoms with Crippen LogP contribution < -0.4 is 10.1 Å². The van der Waals surface area contributed by atoms with Gasteiger partial charge in [0, 0.05) is 17.6 Å². The molecule has 5 atom stereocenters. The molecule has 1 aliphatic heterocycles. The van der Waals surface area contributed by atoms with Crippen molar-refractivity contribution in [3.05, 3.63) is 70.2 Å². The predicted octanol–water partition coefficient (Wildman–Crippen LogP) is 1.75. The Kier molecular flexibility index (Phi) is 7.85. The van der Waals surface area contributed by atoms with E-state index in [1.807, 2.05) is 30.3 Å². The zero-order valence-corrected chi connectivity index (χ0v) is 20.3. The fourth-order valence-corrected chi connectivity index (χ4v) is 4.38. The van der Waals surface area contributed by atoms with Crippen molar-refractivity contribution in [2.24, 2.45) is 0 Å². The summed E-state index contributed by atoms with van der Waals surface area (Å²) < 4.78 is 15.0. The molecule has 1 amide bonds. The van der Waals surface area contributed by atoms with Gasteiger partial charge in [0.25, 0.3) is 0 Å². The molecule has 0 spiro atoms. The van der Waals surface area contributed by atoms with E-state index in [-0.39, 0.29) is 11.4 Å². The van der Waals surface area contributed by atoms with Crippen LogP contribution in [-0.4, -0.2) is 66.5 Å². The Morgan fingerprint density at radius 2 is 1.86 bits per heavy atom. The Morgan fingerprint density at radius 1 is 1.17 bits per heavy atom. The highest BCUT2D eigenvalue weighted by Crippen LogP contribution is 2.30. The first-order valence-corrected chi connectivity index (χ1v) is 11.6. The SMILES string of the molecule is CC(=O)N[C@@H]1[C@@H](O)[C@H](O)[C@@H](CO)O[C@H]1n1nc(COc2ccc(Cl)cc2)n(-c2ccccc2)c1=S. The number of carbonyl (C=O) groups is 1. The lowest BCUT2D eigenvalue weighted by Gasteiger charge is -2.42. The Balaban J connectivity index is 1.76. The molecule has 12 heteroatoms. The topological polar surface area (TPSA) is 131 Å². The zero-order chi connectivity index (χ0) is 25.1. The summed E-state index contributed by atoms with van der Waals surface area (Å²) in [6.45, 7) is 0.752. The lowest BCUT2D eigenvalue weighted by atomic mass is 9.96. The van der Waals surface area contributed by atoms with Crippen LogP contribution in [0.2, 0.25) is 5.02 Å². The minimum atomic E-state index is -1.44. The number of carbonyl (C=O) groups excluding carboxylic acids is 1. The van der Waals surface area contributed by atoms with Gasteiger partial charge in [0.05, 0.1) is 6.61 Å². The third-order valence-corrected chi connectivity index (χ3v) is 6.20. The van der Waals surface area contributed by atoms with Crippen molar-refractivity contribution in [1.29, 1.82) is 0 Å². The van der Waals surface area contributed by atoms with E-state index >= 15 is 0 Å². The molecule has 0 aliphatic carbocycles. The lowest BCUT2D eigenvalue weighted by Crippen LogP contribution is -2.62. The lowest BCUT2D eigenvalue weighted by molar-refractivity contribution is -0.219. The molecule has 2 aromatic carbocycles. The molecule has 3 aromatic rings. The summed E-state index contributed by atoms with van der Waals surface area (Å²) in [7, 11) is 0.